The van der Waals surface area contributed by atoms with E-state index in [1.165, 1.54) is 43.5 Å². The summed E-state index contributed by atoms with van der Waals surface area (Å²) in [5.74, 6) is -0.00456. The predicted octanol–water partition coefficient (Wildman–Crippen LogP) is 2.68. The first-order valence-electron chi connectivity index (χ1n) is 6.96. The van der Waals surface area contributed by atoms with Gasteiger partial charge in [-0.15, -0.1) is 0 Å². The predicted molar refractivity (Wildman–Crippen MR) is 76.0 cm³/mol. The second kappa shape index (κ2) is 6.87. The molecule has 0 atom stereocenters. The average Bonchev–Trinajstić information content (AvgIpc) is 2.48. The van der Waals surface area contributed by atoms with E-state index in [9.17, 15) is 8.42 Å². The summed E-state index contributed by atoms with van der Waals surface area (Å²) >= 11 is 0. The van der Waals surface area contributed by atoms with E-state index in [2.05, 4.69) is 0 Å². The number of nitrogens with zero attached hydrogens (tertiary/aromatic N) is 1. The maximum atomic E-state index is 12.1. The van der Waals surface area contributed by atoms with Gasteiger partial charge in [0.2, 0.25) is 0 Å². The molecular formula is C15H19NO3S. The lowest BCUT2D eigenvalue weighted by Crippen LogP contribution is -2.21. The normalized spacial score (nSPS) is 16.8. The van der Waals surface area contributed by atoms with Crippen molar-refractivity contribution in [2.45, 2.75) is 43.1 Å². The van der Waals surface area contributed by atoms with Gasteiger partial charge in [0.15, 0.2) is 9.84 Å². The number of benzene rings is 1. The van der Waals surface area contributed by atoms with Gasteiger partial charge in [0, 0.05) is 0 Å². The summed E-state index contributed by atoms with van der Waals surface area (Å²) in [6, 6.07) is 7.98. The molecule has 0 heterocycles. The summed E-state index contributed by atoms with van der Waals surface area (Å²) in [5.41, 5.74) is 0.461. The fourth-order valence-corrected chi connectivity index (χ4v) is 3.51. The second-order valence-corrected chi connectivity index (χ2v) is 7.20. The molecule has 4 nitrogen and oxygen atoms in total. The Morgan fingerprint density at radius 2 is 1.80 bits per heavy atom. The third-order valence-corrected chi connectivity index (χ3v) is 5.29. The lowest BCUT2D eigenvalue weighted by molar-refractivity contribution is 0.0379. The molecule has 0 saturated heterocycles. The van der Waals surface area contributed by atoms with E-state index < -0.39 is 9.84 Å². The summed E-state index contributed by atoms with van der Waals surface area (Å²) in [7, 11) is -3.32. The van der Waals surface area contributed by atoms with Crippen molar-refractivity contribution in [3.05, 3.63) is 29.8 Å². The van der Waals surface area contributed by atoms with Crippen molar-refractivity contribution in [1.29, 1.82) is 5.26 Å². The van der Waals surface area contributed by atoms with E-state index in [1.807, 2.05) is 6.07 Å². The van der Waals surface area contributed by atoms with Crippen molar-refractivity contribution in [3.63, 3.8) is 0 Å². The second-order valence-electron chi connectivity index (χ2n) is 5.09. The van der Waals surface area contributed by atoms with Gasteiger partial charge in [-0.05, 0) is 37.1 Å². The van der Waals surface area contributed by atoms with Gasteiger partial charge in [-0.25, -0.2) is 8.42 Å². The van der Waals surface area contributed by atoms with E-state index in [4.69, 9.17) is 10.00 Å². The third kappa shape index (κ3) is 4.06. The fraction of sp³-hybridized carbons (Fsp3) is 0.533. The van der Waals surface area contributed by atoms with Crippen LogP contribution in [0.15, 0.2) is 29.2 Å². The number of sulfone groups is 1. The standard InChI is InChI=1S/C15H19NO3S/c16-12-13-6-8-15(9-7-13)20(17,18)11-10-19-14-4-2-1-3-5-14/h6-9,14H,1-5,10-11H2. The summed E-state index contributed by atoms with van der Waals surface area (Å²) < 4.78 is 29.9. The molecule has 1 aromatic carbocycles. The molecule has 20 heavy (non-hydrogen) atoms. The quantitative estimate of drug-likeness (QED) is 0.837. The molecule has 0 aromatic heterocycles. The zero-order chi connectivity index (χ0) is 14.4. The molecule has 0 unspecified atom stereocenters. The van der Waals surface area contributed by atoms with Gasteiger partial charge in [0.1, 0.15) is 0 Å². The Bertz CT molecular complexity index is 566. The van der Waals surface area contributed by atoms with Gasteiger partial charge in [-0.2, -0.15) is 5.26 Å². The molecule has 0 amide bonds. The van der Waals surface area contributed by atoms with Crippen LogP contribution < -0.4 is 0 Å². The summed E-state index contributed by atoms with van der Waals surface area (Å²) in [5, 5.41) is 8.70. The summed E-state index contributed by atoms with van der Waals surface area (Å²) in [6.45, 7) is 0.243. The minimum atomic E-state index is -3.32. The molecule has 1 fully saturated rings. The van der Waals surface area contributed by atoms with Crippen LogP contribution in [0.5, 0.6) is 0 Å². The van der Waals surface area contributed by atoms with Crippen LogP contribution >= 0.6 is 0 Å². The molecule has 0 bridgehead atoms. The van der Waals surface area contributed by atoms with Crippen LogP contribution in [0.2, 0.25) is 0 Å². The van der Waals surface area contributed by atoms with E-state index in [0.29, 0.717) is 5.56 Å². The molecule has 1 aliphatic carbocycles. The monoisotopic (exact) mass is 293 g/mol. The molecular weight excluding hydrogens is 274 g/mol. The number of hydrogen-bond acceptors (Lipinski definition) is 4. The average molecular weight is 293 g/mol. The van der Waals surface area contributed by atoms with Gasteiger partial charge < -0.3 is 4.74 Å². The van der Waals surface area contributed by atoms with Crippen LogP contribution in [0.25, 0.3) is 0 Å². The number of hydrogen-bond donors (Lipinski definition) is 0. The van der Waals surface area contributed by atoms with Gasteiger partial charge in [-0.1, -0.05) is 19.3 Å². The van der Waals surface area contributed by atoms with Crippen LogP contribution in [-0.2, 0) is 14.6 Å². The molecule has 0 spiro atoms. The maximum Gasteiger partial charge on any atom is 0.180 e. The van der Waals surface area contributed by atoms with Crippen molar-refractivity contribution in [1.82, 2.24) is 0 Å². The van der Waals surface area contributed by atoms with Gasteiger partial charge in [-0.3, -0.25) is 0 Å². The Hall–Kier alpha value is -1.38. The largest absolute Gasteiger partial charge is 0.377 e. The van der Waals surface area contributed by atoms with Crippen LogP contribution in [0.3, 0.4) is 0 Å². The molecule has 1 saturated carbocycles. The molecule has 0 aliphatic heterocycles. The van der Waals surface area contributed by atoms with Gasteiger partial charge in [0.25, 0.3) is 0 Å². The fourth-order valence-electron chi connectivity index (χ4n) is 2.41. The Labute approximate surface area is 120 Å². The van der Waals surface area contributed by atoms with E-state index in [0.717, 1.165) is 12.8 Å². The first-order chi connectivity index (χ1) is 9.62. The highest BCUT2D eigenvalue weighted by atomic mass is 32.2. The minimum Gasteiger partial charge on any atom is -0.377 e. The Kier molecular flexibility index (Phi) is 5.16. The zero-order valence-corrected chi connectivity index (χ0v) is 12.2. The highest BCUT2D eigenvalue weighted by Gasteiger charge is 2.17. The maximum absolute atomic E-state index is 12.1. The first-order valence-corrected chi connectivity index (χ1v) is 8.61. The molecule has 5 heteroatoms. The highest BCUT2D eigenvalue weighted by Crippen LogP contribution is 2.20. The van der Waals surface area contributed by atoms with E-state index in [-0.39, 0.29) is 23.4 Å². The Morgan fingerprint density at radius 3 is 2.40 bits per heavy atom. The number of nitriles is 1. The molecule has 1 aromatic rings. The summed E-state index contributed by atoms with van der Waals surface area (Å²) in [6.07, 6.45) is 5.90. The highest BCUT2D eigenvalue weighted by molar-refractivity contribution is 7.91. The molecule has 108 valence electrons. The Balaban J connectivity index is 1.88. The topological polar surface area (TPSA) is 67.2 Å². The van der Waals surface area contributed by atoms with E-state index >= 15 is 0 Å². The SMILES string of the molecule is N#Cc1ccc(S(=O)(=O)CCOC2CCCCC2)cc1. The molecule has 1 aliphatic rings. The van der Waals surface area contributed by atoms with Crippen LogP contribution in [0.4, 0.5) is 0 Å². The van der Waals surface area contributed by atoms with Gasteiger partial charge in [0.05, 0.1) is 35.0 Å². The van der Waals surface area contributed by atoms with Crippen LogP contribution in [0.1, 0.15) is 37.7 Å². The van der Waals surface area contributed by atoms with Crippen LogP contribution in [-0.4, -0.2) is 26.9 Å². The minimum absolute atomic E-state index is 0.00456. The van der Waals surface area contributed by atoms with Crippen molar-refractivity contribution in [2.75, 3.05) is 12.4 Å². The zero-order valence-electron chi connectivity index (χ0n) is 11.4. The van der Waals surface area contributed by atoms with Crippen molar-refractivity contribution in [3.8, 4) is 6.07 Å². The Morgan fingerprint density at radius 1 is 1.15 bits per heavy atom. The van der Waals surface area contributed by atoms with Gasteiger partial charge >= 0.3 is 0 Å². The molecule has 2 rings (SSSR count). The van der Waals surface area contributed by atoms with Crippen molar-refractivity contribution >= 4 is 9.84 Å². The van der Waals surface area contributed by atoms with Crippen LogP contribution in [0, 0.1) is 11.3 Å². The molecule has 0 N–H and O–H groups in total. The summed E-state index contributed by atoms with van der Waals surface area (Å²) in [4.78, 5) is 0.253. The first kappa shape index (κ1) is 15.0. The van der Waals surface area contributed by atoms with Crippen molar-refractivity contribution in [2.24, 2.45) is 0 Å². The van der Waals surface area contributed by atoms with Crippen molar-refractivity contribution < 1.29 is 13.2 Å². The van der Waals surface area contributed by atoms with E-state index in [1.54, 1.807) is 0 Å². The lowest BCUT2D eigenvalue weighted by Gasteiger charge is -2.21. The molecule has 0 radical (unpaired) electrons. The number of ether oxygens (including phenoxy) is 1. The lowest BCUT2D eigenvalue weighted by atomic mass is 9.98. The number of rotatable bonds is 5. The third-order valence-electron chi connectivity index (χ3n) is 3.60. The smallest absolute Gasteiger partial charge is 0.180 e.